The molecule has 14 rings (SSSR count). The summed E-state index contributed by atoms with van der Waals surface area (Å²) in [7, 11) is 0. The number of hydrogen-bond donors (Lipinski definition) is 5. The Morgan fingerprint density at radius 3 is 1.45 bits per heavy atom. The molecular formula is C85H70N20OS3. The summed E-state index contributed by atoms with van der Waals surface area (Å²) in [6.45, 7) is 21.5. The summed E-state index contributed by atoms with van der Waals surface area (Å²) in [5.41, 5.74) is 19.0. The first-order valence-electron chi connectivity index (χ1n) is 34.5. The van der Waals surface area contributed by atoms with Crippen LogP contribution in [0.1, 0.15) is 79.2 Å². The number of nitrogens with zero attached hydrogens (tertiary/aromatic N) is 15. The molecule has 0 aliphatic carbocycles. The van der Waals surface area contributed by atoms with Crippen LogP contribution in [0.25, 0.3) is 43.4 Å². The number of thiophene rings is 1. The lowest BCUT2D eigenvalue weighted by atomic mass is 10.0. The van der Waals surface area contributed by atoms with Crippen LogP contribution in [-0.2, 0) is 4.79 Å². The summed E-state index contributed by atoms with van der Waals surface area (Å²) in [6.07, 6.45) is 1.68. The van der Waals surface area contributed by atoms with Gasteiger partial charge in [0.15, 0.2) is 38.3 Å². The van der Waals surface area contributed by atoms with Crippen molar-refractivity contribution in [3.05, 3.63) is 266 Å². The second-order valence-electron chi connectivity index (χ2n) is 26.0. The van der Waals surface area contributed by atoms with E-state index in [-0.39, 0.29) is 11.5 Å². The molecule has 0 fully saturated rings. The zero-order valence-electron chi connectivity index (χ0n) is 61.3. The number of nitriles is 3. The van der Waals surface area contributed by atoms with Gasteiger partial charge in [-0.05, 0) is 192 Å². The van der Waals surface area contributed by atoms with E-state index in [2.05, 4.69) is 149 Å². The Morgan fingerprint density at radius 1 is 0.413 bits per heavy atom. The molecule has 14 aromatic rings. The highest BCUT2D eigenvalue weighted by atomic mass is 32.1. The van der Waals surface area contributed by atoms with Crippen LogP contribution in [0.3, 0.4) is 0 Å². The average Bonchev–Trinajstić information content (AvgIpc) is 1.67. The van der Waals surface area contributed by atoms with Crippen molar-refractivity contribution < 1.29 is 4.79 Å². The number of hydrogen-bond acceptors (Lipinski definition) is 23. The minimum absolute atomic E-state index is 0.163. The quantitative estimate of drug-likeness (QED) is 0.0472. The first-order chi connectivity index (χ1) is 52.7. The molecule has 534 valence electrons. The van der Waals surface area contributed by atoms with Crippen LogP contribution >= 0.6 is 34.0 Å². The number of thiazole rings is 2. The van der Waals surface area contributed by atoms with E-state index >= 15 is 0 Å². The molecule has 1 amide bonds. The molecule has 0 spiro atoms. The molecule has 0 saturated carbocycles. The van der Waals surface area contributed by atoms with Crippen molar-refractivity contribution >= 4 is 156 Å². The second kappa shape index (κ2) is 32.8. The zero-order valence-corrected chi connectivity index (χ0v) is 63.8. The number of pyridine rings is 2. The number of azo groups is 4. The Hall–Kier alpha value is -13.7. The third-order valence-electron chi connectivity index (χ3n) is 17.7. The number of anilines is 9. The Bertz CT molecular complexity index is 6060. The molecule has 109 heavy (non-hydrogen) atoms. The van der Waals surface area contributed by atoms with E-state index < -0.39 is 0 Å². The molecule has 0 atom stereocenters. The highest BCUT2D eigenvalue weighted by Gasteiger charge is 2.25. The van der Waals surface area contributed by atoms with Gasteiger partial charge in [0.1, 0.15) is 45.8 Å². The van der Waals surface area contributed by atoms with E-state index in [0.29, 0.717) is 110 Å². The van der Waals surface area contributed by atoms with Crippen molar-refractivity contribution in [2.75, 3.05) is 26.6 Å². The molecule has 9 aromatic carbocycles. The van der Waals surface area contributed by atoms with E-state index in [1.54, 1.807) is 18.3 Å². The molecule has 0 bridgehead atoms. The maximum atomic E-state index is 11.7. The van der Waals surface area contributed by atoms with Gasteiger partial charge in [-0.15, -0.1) is 52.3 Å². The van der Waals surface area contributed by atoms with Gasteiger partial charge in [0, 0.05) is 63.6 Å². The van der Waals surface area contributed by atoms with Gasteiger partial charge in [-0.25, -0.2) is 19.9 Å². The molecule has 5 N–H and O–H groups in total. The molecule has 5 aromatic heterocycles. The molecule has 21 nitrogen and oxygen atoms in total. The highest BCUT2D eigenvalue weighted by Crippen LogP contribution is 2.50. The minimum atomic E-state index is -0.163. The molecule has 5 heterocycles. The monoisotopic (exact) mass is 1480 g/mol. The largest absolute Gasteiger partial charge is 0.339 e. The molecule has 0 saturated heterocycles. The lowest BCUT2D eigenvalue weighted by molar-refractivity contribution is -0.114. The summed E-state index contributed by atoms with van der Waals surface area (Å²) < 4.78 is 0. The number of benzene rings is 9. The van der Waals surface area contributed by atoms with Crippen LogP contribution in [0.2, 0.25) is 0 Å². The number of aromatic nitrogens is 4. The fourth-order valence-electron chi connectivity index (χ4n) is 12.0. The lowest BCUT2D eigenvalue weighted by Gasteiger charge is -2.16. The maximum absolute atomic E-state index is 11.7. The van der Waals surface area contributed by atoms with Crippen molar-refractivity contribution in [3.8, 4) is 40.0 Å². The van der Waals surface area contributed by atoms with Crippen LogP contribution < -0.4 is 26.6 Å². The predicted octanol–water partition coefficient (Wildman–Crippen LogP) is 26.1. The first-order valence-corrected chi connectivity index (χ1v) is 37.0. The maximum Gasteiger partial charge on any atom is 0.232 e. The minimum Gasteiger partial charge on any atom is -0.339 e. The van der Waals surface area contributed by atoms with Gasteiger partial charge in [0.25, 0.3) is 0 Å². The molecule has 24 heteroatoms. The van der Waals surface area contributed by atoms with Crippen LogP contribution in [0.5, 0.6) is 0 Å². The van der Waals surface area contributed by atoms with Crippen LogP contribution in [0, 0.1) is 103 Å². The number of amides is 1. The molecule has 0 radical (unpaired) electrons. The lowest BCUT2D eigenvalue weighted by Crippen LogP contribution is -2.05. The Balaban J connectivity index is 0.000000192. The Labute approximate surface area is 642 Å². The summed E-state index contributed by atoms with van der Waals surface area (Å²) in [5, 5.41) is 93.1. The van der Waals surface area contributed by atoms with Crippen molar-refractivity contribution in [3.63, 3.8) is 0 Å². The number of fused-ring (bicyclic) bond motifs is 2. The van der Waals surface area contributed by atoms with Crippen LogP contribution in [0.4, 0.5) is 94.6 Å². The number of carbonyl (C=O) groups is 1. The van der Waals surface area contributed by atoms with E-state index in [9.17, 15) is 20.6 Å². The van der Waals surface area contributed by atoms with Gasteiger partial charge in [-0.3, -0.25) is 4.79 Å². The highest BCUT2D eigenvalue weighted by molar-refractivity contribution is 7.21. The van der Waals surface area contributed by atoms with E-state index in [4.69, 9.17) is 15.0 Å². The van der Waals surface area contributed by atoms with Crippen LogP contribution in [0.15, 0.2) is 234 Å². The number of rotatable bonds is 19. The SMILES string of the molecule is CC(=O)Nc1ccc(-c2nc(N=Nc3c(Nc4ccc(C)cc4)nc(Nc4ccc(C)cc4)c(C#N)c3C)sc2N=Nc2ccc3c(C)cc(C)cc3c2)cc1.Cc1ccc(Nc2nc(Nc3ccc(C)cc3)c(N=Nc3sc(N=Nc4cc(C)c5cccc(C)c5c4)c(-c4nccs4)c3C#N)c(C)c2C#N)cc1. The van der Waals surface area contributed by atoms with Gasteiger partial charge < -0.3 is 26.6 Å². The normalized spacial score (nSPS) is 11.3. The van der Waals surface area contributed by atoms with Gasteiger partial charge >= 0.3 is 0 Å². The van der Waals surface area contributed by atoms with Gasteiger partial charge in [-0.2, -0.15) is 15.8 Å². The Morgan fingerprint density at radius 2 is 0.917 bits per heavy atom. The van der Waals surface area contributed by atoms with Gasteiger partial charge in [0.2, 0.25) is 11.0 Å². The van der Waals surface area contributed by atoms with Crippen molar-refractivity contribution in [1.29, 1.82) is 15.8 Å². The third kappa shape index (κ3) is 17.2. The number of aryl methyl sites for hydroxylation is 8. The molecule has 0 aliphatic heterocycles. The van der Waals surface area contributed by atoms with Gasteiger partial charge in [0.05, 0.1) is 28.1 Å². The predicted molar refractivity (Wildman–Crippen MR) is 441 cm³/mol. The van der Waals surface area contributed by atoms with E-state index in [1.807, 2.05) is 186 Å². The smallest absolute Gasteiger partial charge is 0.232 e. The van der Waals surface area contributed by atoms with Gasteiger partial charge in [-0.1, -0.05) is 148 Å². The van der Waals surface area contributed by atoms with Crippen LogP contribution in [-0.4, -0.2) is 25.8 Å². The second-order valence-corrected chi connectivity index (χ2v) is 28.9. The fraction of sp³-hybridized carbons (Fsp3) is 0.129. The molecule has 0 aliphatic rings. The number of carbonyl (C=O) groups excluding carboxylic acids is 1. The zero-order chi connectivity index (χ0) is 76.4. The fourth-order valence-corrected chi connectivity index (χ4v) is 14.4. The first kappa shape index (κ1) is 73.6. The van der Waals surface area contributed by atoms with Crippen molar-refractivity contribution in [2.24, 2.45) is 40.9 Å². The van der Waals surface area contributed by atoms with Crippen molar-refractivity contribution in [2.45, 2.75) is 76.2 Å². The van der Waals surface area contributed by atoms with E-state index in [1.165, 1.54) is 52.1 Å². The van der Waals surface area contributed by atoms with E-state index in [0.717, 1.165) is 83.2 Å². The number of nitrogens with one attached hydrogen (secondary N) is 5. The van der Waals surface area contributed by atoms with Crippen molar-refractivity contribution in [1.82, 2.24) is 19.9 Å². The summed E-state index contributed by atoms with van der Waals surface area (Å²) >= 11 is 3.82. The Kier molecular flexibility index (Phi) is 22.1. The standard InChI is InChI=1S/C44H38N10OS.C41H32N10S2/c1-25-7-13-34(14-8-25)47-41-38(24-45)29(5)39(42(50-41)48-35-15-9-26(2)10-16-35)52-54-44-49-40(31-11-17-33(18-12-31)46-30(6)55)43(56-44)53-51-36-19-20-37-28(4)21-27(3)22-32(37)23-36;1-23-9-13-28(14-10-23)45-37-33(21-42)27(5)36(38(47-37)46-29-15-11-24(2)12-16-29)49-50-39-34(22-43)35(40-44-17-18-52-40)41(53-39)51-48-30-19-26(4)31-8-6-7-25(3)32(31)20-30/h7-23H,1-6H3,(H,46,55)(H2,47,48,50);6-20H,1-5H3,(H2,45,46,47). The summed E-state index contributed by atoms with van der Waals surface area (Å²) in [5.74, 6) is 1.41. The molecule has 0 unspecified atom stereocenters. The summed E-state index contributed by atoms with van der Waals surface area (Å²) in [6, 6.07) is 66.3. The third-order valence-corrected chi connectivity index (χ3v) is 20.3. The topological polar surface area (TPSA) is 299 Å². The summed E-state index contributed by atoms with van der Waals surface area (Å²) in [4.78, 5) is 30.7. The average molecular weight is 1480 g/mol. The molecular weight excluding hydrogens is 1410 g/mol.